The van der Waals surface area contributed by atoms with Gasteiger partial charge in [-0.1, -0.05) is 55.3 Å². The zero-order chi connectivity index (χ0) is 21.0. The van der Waals surface area contributed by atoms with Gasteiger partial charge in [0.1, 0.15) is 29.8 Å². The Morgan fingerprint density at radius 1 is 0.867 bits per heavy atom. The van der Waals surface area contributed by atoms with E-state index < -0.39 is 17.0 Å². The van der Waals surface area contributed by atoms with Gasteiger partial charge in [0.05, 0.1) is 5.41 Å². The Kier molecular flexibility index (Phi) is 5.93. The first-order chi connectivity index (χ1) is 14.6. The Balaban J connectivity index is 1.69. The average Bonchev–Trinajstić information content (AvgIpc) is 2.97. The Morgan fingerprint density at radius 2 is 1.63 bits per heavy atom. The monoisotopic (exact) mass is 406 g/mol. The van der Waals surface area contributed by atoms with Gasteiger partial charge >= 0.3 is 0 Å². The third kappa shape index (κ3) is 4.00. The van der Waals surface area contributed by atoms with Crippen molar-refractivity contribution in [3.8, 4) is 5.75 Å². The lowest BCUT2D eigenvalue weighted by molar-refractivity contribution is -0.123. The summed E-state index contributed by atoms with van der Waals surface area (Å²) in [6, 6.07) is 20.4. The molecule has 3 aromatic carbocycles. The summed E-state index contributed by atoms with van der Waals surface area (Å²) in [5.41, 5.74) is 0.706. The van der Waals surface area contributed by atoms with Crippen molar-refractivity contribution in [2.24, 2.45) is 0 Å². The van der Waals surface area contributed by atoms with Gasteiger partial charge in [-0.15, -0.1) is 0 Å². The number of carbonyl (C=O) groups excluding carboxylic acids is 1. The van der Waals surface area contributed by atoms with Crippen molar-refractivity contribution in [1.82, 2.24) is 0 Å². The van der Waals surface area contributed by atoms with Gasteiger partial charge in [-0.2, -0.15) is 0 Å². The van der Waals surface area contributed by atoms with Crippen LogP contribution in [0.25, 0.3) is 0 Å². The van der Waals surface area contributed by atoms with Crippen LogP contribution in [0.4, 0.5) is 8.78 Å². The largest absolute Gasteiger partial charge is 0.489 e. The first-order valence-electron chi connectivity index (χ1n) is 10.4. The number of ether oxygens (including phenoxy) is 1. The van der Waals surface area contributed by atoms with Crippen molar-refractivity contribution in [1.29, 1.82) is 0 Å². The quantitative estimate of drug-likeness (QED) is 0.461. The molecule has 154 valence electrons. The molecule has 0 spiro atoms. The van der Waals surface area contributed by atoms with E-state index in [1.807, 2.05) is 42.5 Å². The molecule has 4 heteroatoms. The van der Waals surface area contributed by atoms with Gasteiger partial charge < -0.3 is 4.74 Å². The topological polar surface area (TPSA) is 26.3 Å². The Labute approximate surface area is 175 Å². The highest BCUT2D eigenvalue weighted by Crippen LogP contribution is 2.43. The fraction of sp³-hybridized carbons (Fsp3) is 0.269. The van der Waals surface area contributed by atoms with Gasteiger partial charge in [0, 0.05) is 12.0 Å². The van der Waals surface area contributed by atoms with Gasteiger partial charge in [-0.25, -0.2) is 8.78 Å². The fourth-order valence-corrected chi connectivity index (χ4v) is 4.35. The zero-order valence-electron chi connectivity index (χ0n) is 16.7. The van der Waals surface area contributed by atoms with Crippen LogP contribution >= 0.6 is 0 Å². The minimum Gasteiger partial charge on any atom is -0.489 e. The maximum atomic E-state index is 14.8. The molecule has 3 aromatic rings. The molecule has 1 aliphatic carbocycles. The normalized spacial score (nSPS) is 19.3. The summed E-state index contributed by atoms with van der Waals surface area (Å²) in [7, 11) is 0. The maximum Gasteiger partial charge on any atom is 0.147 e. The smallest absolute Gasteiger partial charge is 0.147 e. The molecule has 0 N–H and O–H groups in total. The highest BCUT2D eigenvalue weighted by Gasteiger charge is 2.43. The zero-order valence-corrected chi connectivity index (χ0v) is 16.7. The predicted octanol–water partition coefficient (Wildman–Crippen LogP) is 6.36. The lowest BCUT2D eigenvalue weighted by Gasteiger charge is -2.33. The van der Waals surface area contributed by atoms with Crippen molar-refractivity contribution < 1.29 is 18.3 Å². The number of rotatable bonds is 5. The van der Waals surface area contributed by atoms with Crippen LogP contribution in [0.5, 0.6) is 5.75 Å². The second-order valence-electron chi connectivity index (χ2n) is 7.81. The molecular weight excluding hydrogens is 382 g/mol. The summed E-state index contributed by atoms with van der Waals surface area (Å²) in [5.74, 6) is -0.470. The van der Waals surface area contributed by atoms with E-state index in [-0.39, 0.29) is 11.3 Å². The summed E-state index contributed by atoms with van der Waals surface area (Å²) in [5, 5.41) is 0. The van der Waals surface area contributed by atoms with Crippen LogP contribution in [0, 0.1) is 11.6 Å². The standard InChI is InChI=1S/C26H24F2O2/c27-21-12-15-24(28)23(17-21)26(16-6-2-5-9-25(26)29)20-10-13-22(14-11-20)30-18-19-7-3-1-4-8-19/h1,3-4,7-8,10-15,17H,2,5-6,9,16,18H2. The Hall–Kier alpha value is -3.01. The first-order valence-corrected chi connectivity index (χ1v) is 10.4. The number of Topliss-reactive ketones (excluding diaryl/α,β-unsaturated/α-hetero) is 1. The molecular formula is C26H24F2O2. The van der Waals surface area contributed by atoms with Crippen LogP contribution in [0.15, 0.2) is 72.8 Å². The molecule has 1 atom stereocenters. The second kappa shape index (κ2) is 8.78. The van der Waals surface area contributed by atoms with E-state index in [9.17, 15) is 13.6 Å². The molecule has 0 bridgehead atoms. The molecule has 1 saturated carbocycles. The third-order valence-electron chi connectivity index (χ3n) is 5.92. The minimum atomic E-state index is -1.17. The number of hydrogen-bond acceptors (Lipinski definition) is 2. The van der Waals surface area contributed by atoms with Crippen molar-refractivity contribution in [3.63, 3.8) is 0 Å². The average molecular weight is 406 g/mol. The summed E-state index contributed by atoms with van der Waals surface area (Å²) >= 11 is 0. The molecule has 4 rings (SSSR count). The minimum absolute atomic E-state index is 0.0533. The molecule has 2 nitrogen and oxygen atoms in total. The fourth-order valence-electron chi connectivity index (χ4n) is 4.35. The van der Waals surface area contributed by atoms with E-state index in [0.717, 1.165) is 37.0 Å². The van der Waals surface area contributed by atoms with E-state index in [0.29, 0.717) is 30.8 Å². The molecule has 0 radical (unpaired) electrons. The Bertz CT molecular complexity index is 1010. The van der Waals surface area contributed by atoms with Crippen LogP contribution < -0.4 is 4.74 Å². The number of halogens is 2. The number of ketones is 1. The number of benzene rings is 3. The van der Waals surface area contributed by atoms with E-state index in [4.69, 9.17) is 4.74 Å². The number of carbonyl (C=O) groups is 1. The van der Waals surface area contributed by atoms with Crippen LogP contribution in [0.1, 0.15) is 48.8 Å². The summed E-state index contributed by atoms with van der Waals surface area (Å²) in [4.78, 5) is 13.3. The molecule has 1 fully saturated rings. The lowest BCUT2D eigenvalue weighted by atomic mass is 9.68. The molecule has 0 aliphatic heterocycles. The third-order valence-corrected chi connectivity index (χ3v) is 5.92. The van der Waals surface area contributed by atoms with Crippen molar-refractivity contribution in [3.05, 3.63) is 101 Å². The van der Waals surface area contributed by atoms with Gasteiger partial charge in [-0.3, -0.25) is 4.79 Å². The van der Waals surface area contributed by atoms with Crippen LogP contribution in [0.3, 0.4) is 0 Å². The Morgan fingerprint density at radius 3 is 2.40 bits per heavy atom. The first kappa shape index (κ1) is 20.3. The van der Waals surface area contributed by atoms with E-state index in [1.165, 1.54) is 6.07 Å². The number of hydrogen-bond donors (Lipinski definition) is 0. The second-order valence-corrected chi connectivity index (χ2v) is 7.81. The molecule has 0 saturated heterocycles. The molecule has 30 heavy (non-hydrogen) atoms. The molecule has 0 amide bonds. The summed E-state index contributed by atoms with van der Waals surface area (Å²) < 4.78 is 34.7. The van der Waals surface area contributed by atoms with Gasteiger partial charge in [0.25, 0.3) is 0 Å². The predicted molar refractivity (Wildman–Crippen MR) is 112 cm³/mol. The van der Waals surface area contributed by atoms with Crippen LogP contribution in [0.2, 0.25) is 0 Å². The lowest BCUT2D eigenvalue weighted by Crippen LogP contribution is -2.37. The van der Waals surface area contributed by atoms with Crippen molar-refractivity contribution in [2.45, 2.75) is 44.1 Å². The SMILES string of the molecule is O=C1CCCCCC1(c1ccc(OCc2ccccc2)cc1)c1cc(F)ccc1F. The van der Waals surface area contributed by atoms with Crippen molar-refractivity contribution >= 4 is 5.78 Å². The van der Waals surface area contributed by atoms with Gasteiger partial charge in [-0.05, 0) is 54.3 Å². The highest BCUT2D eigenvalue weighted by molar-refractivity contribution is 5.94. The summed E-state index contributed by atoms with van der Waals surface area (Å²) in [6.45, 7) is 0.433. The summed E-state index contributed by atoms with van der Waals surface area (Å²) in [6.07, 6.45) is 3.30. The van der Waals surface area contributed by atoms with E-state index in [2.05, 4.69) is 0 Å². The molecule has 1 unspecified atom stereocenters. The maximum absolute atomic E-state index is 14.8. The van der Waals surface area contributed by atoms with E-state index >= 15 is 0 Å². The van der Waals surface area contributed by atoms with E-state index in [1.54, 1.807) is 12.1 Å². The molecule has 1 aliphatic rings. The van der Waals surface area contributed by atoms with Gasteiger partial charge in [0.15, 0.2) is 0 Å². The van der Waals surface area contributed by atoms with Crippen LogP contribution in [-0.4, -0.2) is 5.78 Å². The van der Waals surface area contributed by atoms with Crippen molar-refractivity contribution in [2.75, 3.05) is 0 Å². The van der Waals surface area contributed by atoms with Crippen LogP contribution in [-0.2, 0) is 16.8 Å². The van der Waals surface area contributed by atoms with Gasteiger partial charge in [0.2, 0.25) is 0 Å². The highest BCUT2D eigenvalue weighted by atomic mass is 19.1. The molecule has 0 aromatic heterocycles. The molecule has 0 heterocycles.